The highest BCUT2D eigenvalue weighted by Gasteiger charge is 2.74. The number of likely N-dealkylation sites (tertiary alicyclic amines) is 1. The van der Waals surface area contributed by atoms with Crippen molar-refractivity contribution in [3.05, 3.63) is 58.1 Å². The number of phenolic OH excluding ortho intramolecular Hbond substituents is 1. The number of hydrogen-bond donors (Lipinski definition) is 2. The van der Waals surface area contributed by atoms with Crippen molar-refractivity contribution in [2.24, 2.45) is 5.92 Å². The molecular formula is C29H30N2O5. The molecule has 3 aliphatic heterocycles. The van der Waals surface area contributed by atoms with E-state index in [1.165, 1.54) is 17.7 Å². The number of aromatic hydroxyl groups is 1. The largest absolute Gasteiger partial charge is 0.504 e. The summed E-state index contributed by atoms with van der Waals surface area (Å²) >= 11 is 0. The lowest BCUT2D eigenvalue weighted by molar-refractivity contribution is -0.196. The summed E-state index contributed by atoms with van der Waals surface area (Å²) in [6.07, 6.45) is 4.30. The molecule has 6 aliphatic rings. The minimum Gasteiger partial charge on any atom is -0.504 e. The first-order valence-electron chi connectivity index (χ1n) is 13.3. The molecule has 186 valence electrons. The smallest absolute Gasteiger partial charge is 0.261 e. The van der Waals surface area contributed by atoms with Crippen molar-refractivity contribution >= 4 is 11.8 Å². The van der Waals surface area contributed by atoms with Gasteiger partial charge in [-0.15, -0.1) is 0 Å². The van der Waals surface area contributed by atoms with Crippen LogP contribution in [0.1, 0.15) is 69.5 Å². The number of amides is 2. The van der Waals surface area contributed by atoms with Crippen LogP contribution < -0.4 is 4.74 Å². The predicted molar refractivity (Wildman–Crippen MR) is 130 cm³/mol. The molecule has 0 radical (unpaired) electrons. The van der Waals surface area contributed by atoms with E-state index in [2.05, 4.69) is 4.90 Å². The minimum absolute atomic E-state index is 0.0354. The lowest BCUT2D eigenvalue weighted by Crippen LogP contribution is -2.78. The van der Waals surface area contributed by atoms with Crippen LogP contribution in [0.25, 0.3) is 0 Å². The molecule has 0 unspecified atom stereocenters. The van der Waals surface area contributed by atoms with Gasteiger partial charge in [-0.25, -0.2) is 0 Å². The molecule has 5 atom stereocenters. The Labute approximate surface area is 209 Å². The molecule has 1 saturated heterocycles. The molecule has 2 N–H and O–H groups in total. The Morgan fingerprint density at radius 1 is 1.06 bits per heavy atom. The van der Waals surface area contributed by atoms with Crippen molar-refractivity contribution in [2.45, 2.75) is 74.7 Å². The zero-order chi connectivity index (χ0) is 24.6. The molecule has 2 bridgehead atoms. The van der Waals surface area contributed by atoms with E-state index in [0.717, 1.165) is 36.2 Å². The molecule has 0 aromatic heterocycles. The maximum Gasteiger partial charge on any atom is 0.261 e. The molecule has 3 heterocycles. The second-order valence-corrected chi connectivity index (χ2v) is 11.9. The van der Waals surface area contributed by atoms with E-state index in [-0.39, 0.29) is 23.6 Å². The fourth-order valence-corrected chi connectivity index (χ4v) is 8.39. The molecule has 36 heavy (non-hydrogen) atoms. The first-order chi connectivity index (χ1) is 17.3. The van der Waals surface area contributed by atoms with Gasteiger partial charge in [0.05, 0.1) is 28.2 Å². The van der Waals surface area contributed by atoms with Gasteiger partial charge in [-0.1, -0.05) is 17.7 Å². The first-order valence-corrected chi connectivity index (χ1v) is 13.3. The Bertz CT molecular complexity index is 1370. The second-order valence-electron chi connectivity index (χ2n) is 11.9. The topological polar surface area (TPSA) is 90.3 Å². The van der Waals surface area contributed by atoms with E-state index in [4.69, 9.17) is 4.74 Å². The third kappa shape index (κ3) is 2.37. The number of ether oxygens (including phenoxy) is 1. The number of carbonyl (C=O) groups is 2. The SMILES string of the molecule is Cc1ccc2c(c1)C(=O)N([C@@H]1CC[C@@]3(O)[C@H]4Cc5ccc(O)c6c5[C@@]3(CCN4CC3CC3)[C@H]1O6)C2=O. The first kappa shape index (κ1) is 21.2. The number of aliphatic hydroxyl groups is 1. The number of rotatable bonds is 3. The van der Waals surface area contributed by atoms with E-state index in [1.54, 1.807) is 18.2 Å². The van der Waals surface area contributed by atoms with Crippen molar-refractivity contribution in [1.82, 2.24) is 9.80 Å². The Kier molecular flexibility index (Phi) is 3.94. The van der Waals surface area contributed by atoms with Gasteiger partial charge in [-0.3, -0.25) is 19.4 Å². The van der Waals surface area contributed by atoms with Gasteiger partial charge in [0.15, 0.2) is 11.5 Å². The molecule has 8 rings (SSSR count). The Balaban J connectivity index is 1.27. The van der Waals surface area contributed by atoms with Crippen LogP contribution in [0.4, 0.5) is 0 Å². The van der Waals surface area contributed by atoms with Gasteiger partial charge in [-0.2, -0.15) is 0 Å². The summed E-state index contributed by atoms with van der Waals surface area (Å²) < 4.78 is 6.57. The van der Waals surface area contributed by atoms with Crippen molar-refractivity contribution < 1.29 is 24.5 Å². The van der Waals surface area contributed by atoms with Gasteiger partial charge in [0.25, 0.3) is 11.8 Å². The molecule has 7 nitrogen and oxygen atoms in total. The van der Waals surface area contributed by atoms with Crippen LogP contribution in [0.3, 0.4) is 0 Å². The van der Waals surface area contributed by atoms with Crippen molar-refractivity contribution in [2.75, 3.05) is 13.1 Å². The highest BCUT2D eigenvalue weighted by atomic mass is 16.5. The summed E-state index contributed by atoms with van der Waals surface area (Å²) in [5, 5.41) is 23.5. The number of aryl methyl sites for hydroxylation is 1. The van der Waals surface area contributed by atoms with Crippen LogP contribution in [0, 0.1) is 12.8 Å². The highest BCUT2D eigenvalue weighted by Crippen LogP contribution is 2.66. The van der Waals surface area contributed by atoms with Crippen molar-refractivity contribution in [3.8, 4) is 11.5 Å². The van der Waals surface area contributed by atoms with Gasteiger partial charge in [0.1, 0.15) is 6.10 Å². The number of phenols is 1. The van der Waals surface area contributed by atoms with Crippen LogP contribution in [-0.4, -0.2) is 68.7 Å². The Morgan fingerprint density at radius 3 is 2.67 bits per heavy atom. The van der Waals surface area contributed by atoms with Crippen molar-refractivity contribution in [1.29, 1.82) is 0 Å². The maximum atomic E-state index is 13.6. The van der Waals surface area contributed by atoms with Gasteiger partial charge >= 0.3 is 0 Å². The predicted octanol–water partition coefficient (Wildman–Crippen LogP) is 2.93. The average molecular weight is 487 g/mol. The van der Waals surface area contributed by atoms with Crippen LogP contribution in [0.2, 0.25) is 0 Å². The average Bonchev–Trinajstić information content (AvgIpc) is 3.55. The van der Waals surface area contributed by atoms with E-state index in [0.29, 0.717) is 42.1 Å². The van der Waals surface area contributed by atoms with Crippen LogP contribution in [0.5, 0.6) is 11.5 Å². The number of benzene rings is 2. The fourth-order valence-electron chi connectivity index (χ4n) is 8.39. The summed E-state index contributed by atoms with van der Waals surface area (Å²) in [4.78, 5) is 31.1. The van der Waals surface area contributed by atoms with Gasteiger partial charge in [-0.05, 0) is 81.7 Å². The Hall–Kier alpha value is -2.90. The third-order valence-corrected chi connectivity index (χ3v) is 10.1. The molecule has 3 aliphatic carbocycles. The minimum atomic E-state index is -1.04. The third-order valence-electron chi connectivity index (χ3n) is 10.1. The van der Waals surface area contributed by atoms with E-state index in [9.17, 15) is 19.8 Å². The van der Waals surface area contributed by atoms with Crippen LogP contribution in [-0.2, 0) is 11.8 Å². The summed E-state index contributed by atoms with van der Waals surface area (Å²) in [7, 11) is 0. The number of piperidine rings is 1. The number of imide groups is 1. The molecule has 2 aromatic carbocycles. The standard InChI is InChI=1S/C29H30N2O5/c1-15-2-6-18-19(12-15)27(34)31(26(18)33)20-8-9-29(35)22-13-17-5-7-21(32)24-23(17)28(29,25(20)36-24)10-11-30(22)14-16-3-4-16/h2,5-7,12,16,20,22,25,32,35H,3-4,8-11,13-14H2,1H3/t20-,22-,25+,28+,29-/m1/s1. The zero-order valence-electron chi connectivity index (χ0n) is 20.4. The Morgan fingerprint density at radius 2 is 1.86 bits per heavy atom. The summed E-state index contributed by atoms with van der Waals surface area (Å²) in [5.74, 6) is 0.644. The second kappa shape index (κ2) is 6.69. The number of fused-ring (bicyclic) bond motifs is 1. The highest BCUT2D eigenvalue weighted by molar-refractivity contribution is 6.21. The number of nitrogens with zero attached hydrogens (tertiary/aromatic N) is 2. The van der Waals surface area contributed by atoms with E-state index >= 15 is 0 Å². The fraction of sp³-hybridized carbons (Fsp3) is 0.517. The van der Waals surface area contributed by atoms with E-state index in [1.807, 2.05) is 19.1 Å². The van der Waals surface area contributed by atoms with E-state index < -0.39 is 23.2 Å². The lowest BCUT2D eigenvalue weighted by atomic mass is 9.48. The quantitative estimate of drug-likeness (QED) is 0.649. The van der Waals surface area contributed by atoms with Crippen LogP contribution >= 0.6 is 0 Å². The maximum absolute atomic E-state index is 13.6. The molecule has 2 amide bonds. The monoisotopic (exact) mass is 486 g/mol. The molecule has 2 aromatic rings. The molecule has 3 fully saturated rings. The van der Waals surface area contributed by atoms with Gasteiger partial charge in [0, 0.05) is 18.2 Å². The lowest BCUT2D eigenvalue weighted by Gasteiger charge is -2.64. The molecule has 1 spiro atoms. The molecular weight excluding hydrogens is 456 g/mol. The summed E-state index contributed by atoms with van der Waals surface area (Å²) in [6.45, 7) is 3.76. The summed E-state index contributed by atoms with van der Waals surface area (Å²) in [5.41, 5.74) is 2.04. The zero-order valence-corrected chi connectivity index (χ0v) is 20.4. The normalized spacial score (nSPS) is 36.1. The van der Waals surface area contributed by atoms with Crippen LogP contribution in [0.15, 0.2) is 30.3 Å². The number of carbonyl (C=O) groups excluding carboxylic acids is 2. The van der Waals surface area contributed by atoms with Crippen molar-refractivity contribution in [3.63, 3.8) is 0 Å². The number of hydrogen-bond acceptors (Lipinski definition) is 6. The van der Waals surface area contributed by atoms with Gasteiger partial charge < -0.3 is 14.9 Å². The molecule has 2 saturated carbocycles. The molecule has 7 heteroatoms. The summed E-state index contributed by atoms with van der Waals surface area (Å²) in [6, 6.07) is 8.51. The van der Waals surface area contributed by atoms with Gasteiger partial charge in [0.2, 0.25) is 0 Å².